The summed E-state index contributed by atoms with van der Waals surface area (Å²) in [5, 5.41) is 14.6. The van der Waals surface area contributed by atoms with Crippen LogP contribution in [-0.4, -0.2) is 30.5 Å². The topological polar surface area (TPSA) is 80.2 Å². The van der Waals surface area contributed by atoms with Crippen molar-refractivity contribution in [2.45, 2.75) is 19.4 Å². The van der Waals surface area contributed by atoms with Gasteiger partial charge in [-0.1, -0.05) is 49.0 Å². The van der Waals surface area contributed by atoms with Gasteiger partial charge in [0, 0.05) is 6.42 Å². The van der Waals surface area contributed by atoms with Crippen LogP contribution in [0.1, 0.15) is 25.0 Å². The van der Waals surface area contributed by atoms with Gasteiger partial charge < -0.3 is 14.6 Å². The first-order valence-electron chi connectivity index (χ1n) is 8.60. The Morgan fingerprint density at radius 1 is 1.19 bits per heavy atom. The largest absolute Gasteiger partial charge is 0.495 e. The summed E-state index contributed by atoms with van der Waals surface area (Å²) < 4.78 is 10.3. The molecule has 2 N–H and O–H groups in total. The maximum atomic E-state index is 12.3. The first kappa shape index (κ1) is 20.2. The quantitative estimate of drug-likeness (QED) is 0.305. The zero-order chi connectivity index (χ0) is 19.6. The van der Waals surface area contributed by atoms with Crippen LogP contribution in [0, 0.1) is 0 Å². The van der Waals surface area contributed by atoms with Gasteiger partial charge in [0.1, 0.15) is 17.6 Å². The summed E-state index contributed by atoms with van der Waals surface area (Å²) in [6, 6.07) is 16.3. The predicted octanol–water partition coefficient (Wildman–Crippen LogP) is 3.71. The Hall–Kier alpha value is -3.12. The highest BCUT2D eigenvalue weighted by Gasteiger charge is 2.19. The Morgan fingerprint density at radius 2 is 1.85 bits per heavy atom. The number of hydrazone groups is 1. The van der Waals surface area contributed by atoms with Crippen molar-refractivity contribution >= 4 is 17.4 Å². The lowest BCUT2D eigenvalue weighted by Gasteiger charge is -2.15. The molecule has 2 aromatic carbocycles. The molecule has 6 nitrogen and oxygen atoms in total. The van der Waals surface area contributed by atoms with Crippen molar-refractivity contribution in [3.05, 3.63) is 72.3 Å². The average molecular weight is 368 g/mol. The monoisotopic (exact) mass is 368 g/mol. The Bertz CT molecular complexity index is 803. The Kier molecular flexibility index (Phi) is 7.58. The molecule has 0 bridgehead atoms. The highest BCUT2D eigenvalue weighted by atomic mass is 16.5. The number of carbonyl (C=O) groups excluding carboxylic acids is 1. The Balaban J connectivity index is 2.18. The number of esters is 1. The summed E-state index contributed by atoms with van der Waals surface area (Å²) in [4.78, 5) is 12.3. The van der Waals surface area contributed by atoms with Crippen molar-refractivity contribution in [1.29, 1.82) is 0 Å². The zero-order valence-corrected chi connectivity index (χ0v) is 15.5. The van der Waals surface area contributed by atoms with Crippen molar-refractivity contribution in [3.63, 3.8) is 0 Å². The van der Waals surface area contributed by atoms with E-state index in [4.69, 9.17) is 9.47 Å². The van der Waals surface area contributed by atoms with E-state index in [0.717, 1.165) is 0 Å². The fourth-order valence-electron chi connectivity index (χ4n) is 2.42. The number of ether oxygens (including phenoxy) is 2. The average Bonchev–Trinajstić information content (AvgIpc) is 2.71. The second kappa shape index (κ2) is 10.1. The Morgan fingerprint density at radius 3 is 2.52 bits per heavy atom. The van der Waals surface area contributed by atoms with E-state index in [-0.39, 0.29) is 18.7 Å². The van der Waals surface area contributed by atoms with Gasteiger partial charge in [0.2, 0.25) is 0 Å². The number of aliphatic hydroxyl groups is 1. The second-order valence-electron chi connectivity index (χ2n) is 5.74. The van der Waals surface area contributed by atoms with E-state index < -0.39 is 12.1 Å². The molecule has 0 amide bonds. The van der Waals surface area contributed by atoms with Gasteiger partial charge in [0.25, 0.3) is 0 Å². The molecule has 2 rings (SSSR count). The van der Waals surface area contributed by atoms with E-state index in [0.29, 0.717) is 22.6 Å². The molecule has 0 radical (unpaired) electrons. The van der Waals surface area contributed by atoms with Crippen molar-refractivity contribution in [1.82, 2.24) is 0 Å². The fourth-order valence-corrected chi connectivity index (χ4v) is 2.42. The molecule has 0 spiro atoms. The molecule has 27 heavy (non-hydrogen) atoms. The van der Waals surface area contributed by atoms with Crippen LogP contribution in [0.5, 0.6) is 5.75 Å². The molecular formula is C21H24N2O4. The number of nitrogens with zero attached hydrogens (tertiary/aromatic N) is 1. The lowest BCUT2D eigenvalue weighted by Crippen LogP contribution is -2.21. The van der Waals surface area contributed by atoms with Gasteiger partial charge in [0.15, 0.2) is 0 Å². The summed E-state index contributed by atoms with van der Waals surface area (Å²) in [6.45, 7) is 5.85. The van der Waals surface area contributed by atoms with Crippen molar-refractivity contribution < 1.29 is 19.4 Å². The van der Waals surface area contributed by atoms with Crippen LogP contribution in [0.2, 0.25) is 0 Å². The van der Waals surface area contributed by atoms with Crippen LogP contribution in [0.15, 0.2) is 71.9 Å². The summed E-state index contributed by atoms with van der Waals surface area (Å²) in [5.41, 5.74) is 4.69. The van der Waals surface area contributed by atoms with Crippen LogP contribution in [0.4, 0.5) is 5.69 Å². The van der Waals surface area contributed by atoms with E-state index in [9.17, 15) is 9.90 Å². The Labute approximate surface area is 159 Å². The van der Waals surface area contributed by atoms with Crippen LogP contribution >= 0.6 is 0 Å². The van der Waals surface area contributed by atoms with Gasteiger partial charge in [-0.2, -0.15) is 5.10 Å². The molecule has 0 saturated carbocycles. The minimum atomic E-state index is -0.905. The van der Waals surface area contributed by atoms with E-state index >= 15 is 0 Å². The smallest absolute Gasteiger partial charge is 0.354 e. The van der Waals surface area contributed by atoms with Crippen molar-refractivity contribution in [2.75, 3.05) is 19.1 Å². The van der Waals surface area contributed by atoms with E-state index in [2.05, 4.69) is 17.1 Å². The van der Waals surface area contributed by atoms with Crippen LogP contribution in [-0.2, 0) is 9.53 Å². The number of aliphatic hydroxyl groups excluding tert-OH is 1. The third-order valence-corrected chi connectivity index (χ3v) is 3.83. The van der Waals surface area contributed by atoms with Gasteiger partial charge in [-0.15, -0.1) is 0 Å². The number of hydrogen-bond acceptors (Lipinski definition) is 6. The number of carbonyl (C=O) groups is 1. The first-order chi connectivity index (χ1) is 13.1. The lowest BCUT2D eigenvalue weighted by atomic mass is 9.98. The minimum absolute atomic E-state index is 0.0665. The molecule has 0 heterocycles. The molecule has 0 fully saturated rings. The maximum absolute atomic E-state index is 12.3. The SMILES string of the molecule is C=C(C/C(=N\Nc1ccccc1OC)C(=O)OCC)C(O)c1ccccc1. The molecule has 0 aliphatic heterocycles. The molecule has 2 aromatic rings. The van der Waals surface area contributed by atoms with Gasteiger partial charge in [-0.25, -0.2) is 4.79 Å². The highest BCUT2D eigenvalue weighted by molar-refractivity contribution is 6.37. The van der Waals surface area contributed by atoms with E-state index in [1.165, 1.54) is 0 Å². The molecule has 0 aromatic heterocycles. The maximum Gasteiger partial charge on any atom is 0.354 e. The first-order valence-corrected chi connectivity index (χ1v) is 8.60. The number of nitrogens with one attached hydrogen (secondary N) is 1. The van der Waals surface area contributed by atoms with E-state index in [1.54, 1.807) is 38.3 Å². The van der Waals surface area contributed by atoms with Gasteiger partial charge in [-0.3, -0.25) is 5.43 Å². The van der Waals surface area contributed by atoms with Crippen molar-refractivity contribution in [2.24, 2.45) is 5.10 Å². The second-order valence-corrected chi connectivity index (χ2v) is 5.74. The number of para-hydroxylation sites is 2. The van der Waals surface area contributed by atoms with Crippen molar-refractivity contribution in [3.8, 4) is 5.75 Å². The summed E-state index contributed by atoms with van der Waals surface area (Å²) >= 11 is 0. The van der Waals surface area contributed by atoms with Gasteiger partial charge in [-0.05, 0) is 30.2 Å². The number of benzene rings is 2. The number of hydrogen-bond donors (Lipinski definition) is 2. The molecule has 0 aliphatic carbocycles. The van der Waals surface area contributed by atoms with E-state index in [1.807, 2.05) is 30.3 Å². The van der Waals surface area contributed by atoms with Crippen LogP contribution < -0.4 is 10.2 Å². The number of methoxy groups -OCH3 is 1. The molecule has 1 atom stereocenters. The third kappa shape index (κ3) is 5.69. The standard InChI is InChI=1S/C21H24N2O4/c1-4-27-21(25)18(23-22-17-12-8-9-13-19(17)26-3)14-15(2)20(24)16-10-6-5-7-11-16/h5-13,20,22,24H,2,4,14H2,1,3H3/b23-18+. The summed E-state index contributed by atoms with van der Waals surface area (Å²) in [7, 11) is 1.55. The minimum Gasteiger partial charge on any atom is -0.495 e. The number of rotatable bonds is 9. The lowest BCUT2D eigenvalue weighted by molar-refractivity contribution is -0.135. The van der Waals surface area contributed by atoms with Crippen LogP contribution in [0.25, 0.3) is 0 Å². The highest BCUT2D eigenvalue weighted by Crippen LogP contribution is 2.25. The molecule has 1 unspecified atom stereocenters. The third-order valence-electron chi connectivity index (χ3n) is 3.83. The molecule has 0 aliphatic rings. The predicted molar refractivity (Wildman–Crippen MR) is 106 cm³/mol. The van der Waals surface area contributed by atoms with Crippen LogP contribution in [0.3, 0.4) is 0 Å². The summed E-state index contributed by atoms with van der Waals surface area (Å²) in [5.74, 6) is 0.0221. The molecule has 0 saturated heterocycles. The van der Waals surface area contributed by atoms with Gasteiger partial charge >= 0.3 is 5.97 Å². The molecule has 6 heteroatoms. The summed E-state index contributed by atoms with van der Waals surface area (Å²) in [6.07, 6.45) is -0.839. The molecule has 142 valence electrons. The fraction of sp³-hybridized carbons (Fsp3) is 0.238. The zero-order valence-electron chi connectivity index (χ0n) is 15.5. The normalized spacial score (nSPS) is 12.2. The molecular weight excluding hydrogens is 344 g/mol. The number of anilines is 1. The van der Waals surface area contributed by atoms with Gasteiger partial charge in [0.05, 0.1) is 19.4 Å².